The second kappa shape index (κ2) is 3.79. The molecule has 0 aromatic carbocycles. The van der Waals surface area contributed by atoms with Crippen molar-refractivity contribution in [2.24, 2.45) is 0 Å². The second-order valence-corrected chi connectivity index (χ2v) is 2.42. The Morgan fingerprint density at radius 2 is 2.29 bits per heavy atom. The van der Waals surface area contributed by atoms with Gasteiger partial charge in [0.2, 0.25) is 0 Å². The van der Waals surface area contributed by atoms with Gasteiger partial charge in [-0.3, -0.25) is 4.79 Å². The molecule has 0 amide bonds. The second-order valence-electron chi connectivity index (χ2n) is 2.42. The van der Waals surface area contributed by atoms with Gasteiger partial charge in [-0.2, -0.15) is 5.26 Å². The average molecular weight is 197 g/mol. The summed E-state index contributed by atoms with van der Waals surface area (Å²) in [6.07, 6.45) is -1.74. The number of alkyl halides is 2. The first-order valence-electron chi connectivity index (χ1n) is 3.53. The minimum Gasteiger partial charge on any atom is -0.397 e. The van der Waals surface area contributed by atoms with E-state index in [9.17, 15) is 13.6 Å². The molecule has 0 radical (unpaired) electrons. The van der Waals surface area contributed by atoms with Gasteiger partial charge in [0.1, 0.15) is 11.8 Å². The molecule has 0 saturated carbocycles. The van der Waals surface area contributed by atoms with Crippen molar-refractivity contribution in [3.8, 4) is 6.07 Å². The van der Waals surface area contributed by atoms with Gasteiger partial charge in [-0.15, -0.1) is 0 Å². The third kappa shape index (κ3) is 1.52. The first-order valence-corrected chi connectivity index (χ1v) is 3.53. The number of nitrogen functional groups attached to an aromatic ring is 1. The maximum Gasteiger partial charge on any atom is 0.267 e. The first-order chi connectivity index (χ1) is 6.61. The summed E-state index contributed by atoms with van der Waals surface area (Å²) in [6.45, 7) is 0. The fourth-order valence-corrected chi connectivity index (χ4v) is 0.998. The lowest BCUT2D eigenvalue weighted by Crippen LogP contribution is -2.04. The number of carbonyl (C=O) groups is 1. The summed E-state index contributed by atoms with van der Waals surface area (Å²) in [4.78, 5) is 13.9. The van der Waals surface area contributed by atoms with E-state index < -0.39 is 17.7 Å². The standard InChI is InChI=1S/C8H5F2N3O/c9-8(10)7-4(3-14)5(12)2-13-6(7)1-11/h2-3,8H,12H2. The Bertz CT molecular complexity index is 412. The van der Waals surface area contributed by atoms with Gasteiger partial charge in [0.05, 0.1) is 23.0 Å². The third-order valence-corrected chi connectivity index (χ3v) is 1.63. The molecule has 0 aliphatic rings. The number of carbonyl (C=O) groups excluding carboxylic acids is 1. The van der Waals surface area contributed by atoms with Crippen molar-refractivity contribution in [3.05, 3.63) is 23.0 Å². The van der Waals surface area contributed by atoms with Crippen molar-refractivity contribution >= 4 is 12.0 Å². The van der Waals surface area contributed by atoms with Crippen LogP contribution in [0.15, 0.2) is 6.20 Å². The van der Waals surface area contributed by atoms with Gasteiger partial charge < -0.3 is 5.73 Å². The maximum absolute atomic E-state index is 12.4. The molecule has 1 heterocycles. The molecule has 1 aromatic heterocycles. The topological polar surface area (TPSA) is 79.8 Å². The molecule has 0 aliphatic heterocycles. The summed E-state index contributed by atoms with van der Waals surface area (Å²) < 4.78 is 24.9. The summed E-state index contributed by atoms with van der Waals surface area (Å²) >= 11 is 0. The molecule has 0 atom stereocenters. The van der Waals surface area contributed by atoms with E-state index in [1.807, 2.05) is 0 Å². The molecule has 0 bridgehead atoms. The van der Waals surface area contributed by atoms with Crippen LogP contribution in [0.25, 0.3) is 0 Å². The van der Waals surface area contributed by atoms with Crippen LogP contribution in [0.1, 0.15) is 28.0 Å². The Kier molecular flexibility index (Phi) is 2.72. The lowest BCUT2D eigenvalue weighted by atomic mass is 10.1. The molecule has 0 spiro atoms. The van der Waals surface area contributed by atoms with Crippen LogP contribution in [0, 0.1) is 11.3 Å². The number of aromatic nitrogens is 1. The Morgan fingerprint density at radius 1 is 1.64 bits per heavy atom. The van der Waals surface area contributed by atoms with Crippen molar-refractivity contribution in [3.63, 3.8) is 0 Å². The number of nitriles is 1. The summed E-state index contributed by atoms with van der Waals surface area (Å²) in [5.74, 6) is 0. The summed E-state index contributed by atoms with van der Waals surface area (Å²) in [5.41, 5.74) is 3.55. The molecule has 0 unspecified atom stereocenters. The largest absolute Gasteiger partial charge is 0.397 e. The van der Waals surface area contributed by atoms with Gasteiger partial charge in [-0.1, -0.05) is 0 Å². The van der Waals surface area contributed by atoms with Gasteiger partial charge in [0.15, 0.2) is 6.29 Å². The number of halogens is 2. The van der Waals surface area contributed by atoms with Gasteiger partial charge in [-0.05, 0) is 0 Å². The minimum absolute atomic E-state index is 0.158. The van der Waals surface area contributed by atoms with E-state index in [0.717, 1.165) is 6.20 Å². The number of hydrogen-bond acceptors (Lipinski definition) is 4. The molecular formula is C8H5F2N3O. The third-order valence-electron chi connectivity index (χ3n) is 1.63. The summed E-state index contributed by atoms with van der Waals surface area (Å²) in [7, 11) is 0. The van der Waals surface area contributed by atoms with Crippen LogP contribution >= 0.6 is 0 Å². The Balaban J connectivity index is 3.54. The van der Waals surface area contributed by atoms with E-state index in [1.54, 1.807) is 0 Å². The van der Waals surface area contributed by atoms with Crippen LogP contribution in [0.3, 0.4) is 0 Å². The highest BCUT2D eigenvalue weighted by molar-refractivity contribution is 5.86. The van der Waals surface area contributed by atoms with E-state index >= 15 is 0 Å². The molecule has 2 N–H and O–H groups in total. The molecule has 0 fully saturated rings. The highest BCUT2D eigenvalue weighted by Gasteiger charge is 2.20. The van der Waals surface area contributed by atoms with Crippen LogP contribution < -0.4 is 5.73 Å². The van der Waals surface area contributed by atoms with Crippen LogP contribution in [0.2, 0.25) is 0 Å². The number of nitrogens with zero attached hydrogens (tertiary/aromatic N) is 2. The highest BCUT2D eigenvalue weighted by atomic mass is 19.3. The van der Waals surface area contributed by atoms with Gasteiger partial charge >= 0.3 is 0 Å². The zero-order valence-electron chi connectivity index (χ0n) is 6.87. The molecule has 4 nitrogen and oxygen atoms in total. The highest BCUT2D eigenvalue weighted by Crippen LogP contribution is 2.27. The van der Waals surface area contributed by atoms with Crippen molar-refractivity contribution in [1.82, 2.24) is 4.98 Å². The fraction of sp³-hybridized carbons (Fsp3) is 0.125. The molecule has 0 saturated heterocycles. The SMILES string of the molecule is N#Cc1ncc(N)c(C=O)c1C(F)F. The molecule has 6 heteroatoms. The van der Waals surface area contributed by atoms with Crippen molar-refractivity contribution in [2.45, 2.75) is 6.43 Å². The molecular weight excluding hydrogens is 192 g/mol. The Labute approximate surface area is 78.0 Å². The lowest BCUT2D eigenvalue weighted by Gasteiger charge is -2.06. The molecule has 1 aromatic rings. The fourth-order valence-electron chi connectivity index (χ4n) is 0.998. The van der Waals surface area contributed by atoms with Crippen molar-refractivity contribution in [1.29, 1.82) is 5.26 Å². The normalized spacial score (nSPS) is 9.86. The van der Waals surface area contributed by atoms with E-state index in [4.69, 9.17) is 11.0 Å². The number of anilines is 1. The zero-order valence-corrected chi connectivity index (χ0v) is 6.87. The molecule has 0 aliphatic carbocycles. The maximum atomic E-state index is 12.4. The molecule has 72 valence electrons. The number of rotatable bonds is 2. The van der Waals surface area contributed by atoms with Crippen LogP contribution in [-0.4, -0.2) is 11.3 Å². The van der Waals surface area contributed by atoms with Gasteiger partial charge in [0.25, 0.3) is 6.43 Å². The van der Waals surface area contributed by atoms with Crippen LogP contribution in [-0.2, 0) is 0 Å². The summed E-state index contributed by atoms with van der Waals surface area (Å²) in [6, 6.07) is 1.47. The van der Waals surface area contributed by atoms with Crippen molar-refractivity contribution in [2.75, 3.05) is 5.73 Å². The first kappa shape index (κ1) is 10.1. The number of aldehydes is 1. The van der Waals surface area contributed by atoms with Crippen LogP contribution in [0.5, 0.6) is 0 Å². The van der Waals surface area contributed by atoms with Crippen molar-refractivity contribution < 1.29 is 13.6 Å². The zero-order chi connectivity index (χ0) is 10.7. The summed E-state index contributed by atoms with van der Waals surface area (Å²) in [5, 5.41) is 8.48. The number of pyridine rings is 1. The van der Waals surface area contributed by atoms with E-state index in [-0.39, 0.29) is 17.5 Å². The Morgan fingerprint density at radius 3 is 2.71 bits per heavy atom. The lowest BCUT2D eigenvalue weighted by molar-refractivity contribution is 0.110. The number of hydrogen-bond donors (Lipinski definition) is 1. The predicted octanol–water partition coefficient (Wildman–Crippen LogP) is 1.29. The van der Waals surface area contributed by atoms with E-state index in [1.165, 1.54) is 6.07 Å². The van der Waals surface area contributed by atoms with Crippen LogP contribution in [0.4, 0.5) is 14.5 Å². The van der Waals surface area contributed by atoms with E-state index in [2.05, 4.69) is 4.98 Å². The van der Waals surface area contributed by atoms with Gasteiger partial charge in [-0.25, -0.2) is 13.8 Å². The molecule has 14 heavy (non-hydrogen) atoms. The Hall–Kier alpha value is -2.03. The van der Waals surface area contributed by atoms with E-state index in [0.29, 0.717) is 0 Å². The monoisotopic (exact) mass is 197 g/mol. The van der Waals surface area contributed by atoms with Gasteiger partial charge in [0, 0.05) is 0 Å². The molecule has 1 rings (SSSR count). The minimum atomic E-state index is -2.94. The quantitative estimate of drug-likeness (QED) is 0.724. The average Bonchev–Trinajstić information content (AvgIpc) is 2.17. The predicted molar refractivity (Wildman–Crippen MR) is 43.7 cm³/mol. The number of nitrogens with two attached hydrogens (primary N) is 1. The smallest absolute Gasteiger partial charge is 0.267 e.